The lowest BCUT2D eigenvalue weighted by Gasteiger charge is -2.21. The monoisotopic (exact) mass is 233 g/mol. The maximum absolute atomic E-state index is 10.9. The number of ether oxygens (including phenoxy) is 1. The van der Waals surface area contributed by atoms with E-state index in [1.165, 1.54) is 7.11 Å². The quantitative estimate of drug-likeness (QED) is 0.650. The summed E-state index contributed by atoms with van der Waals surface area (Å²) in [6.07, 6.45) is 1.14. The van der Waals surface area contributed by atoms with Crippen LogP contribution in [0.4, 0.5) is 0 Å². The molecule has 0 amide bonds. The van der Waals surface area contributed by atoms with Gasteiger partial charge in [-0.1, -0.05) is 20.8 Å². The van der Waals surface area contributed by atoms with Crippen molar-refractivity contribution in [3.05, 3.63) is 0 Å². The minimum atomic E-state index is -0.141. The highest BCUT2D eigenvalue weighted by atomic mass is 32.2. The molecule has 0 aromatic heterocycles. The minimum Gasteiger partial charge on any atom is -0.468 e. The first-order chi connectivity index (χ1) is 7.11. The average Bonchev–Trinajstić information content (AvgIpc) is 2.22. The molecule has 0 aliphatic heterocycles. The van der Waals surface area contributed by atoms with E-state index in [4.69, 9.17) is 0 Å². The van der Waals surface area contributed by atoms with Crippen molar-refractivity contribution in [1.29, 1.82) is 0 Å². The lowest BCUT2D eigenvalue weighted by atomic mass is 10.1. The summed E-state index contributed by atoms with van der Waals surface area (Å²) in [6.45, 7) is 7.60. The lowest BCUT2D eigenvalue weighted by Crippen LogP contribution is -2.36. The van der Waals surface area contributed by atoms with Gasteiger partial charge in [0.2, 0.25) is 0 Å². The van der Waals surface area contributed by atoms with Gasteiger partial charge in [0.25, 0.3) is 0 Å². The first kappa shape index (κ1) is 14.8. The van der Waals surface area contributed by atoms with Crippen LogP contribution in [0.25, 0.3) is 0 Å². The highest BCUT2D eigenvalue weighted by Gasteiger charge is 2.12. The Morgan fingerprint density at radius 2 is 2.13 bits per heavy atom. The molecule has 0 spiro atoms. The molecular formula is C11H23NO2S. The van der Waals surface area contributed by atoms with E-state index in [1.807, 2.05) is 0 Å². The van der Waals surface area contributed by atoms with Gasteiger partial charge >= 0.3 is 5.97 Å². The number of esters is 1. The van der Waals surface area contributed by atoms with Crippen molar-refractivity contribution < 1.29 is 9.53 Å². The van der Waals surface area contributed by atoms with Crippen molar-refractivity contribution in [2.24, 2.45) is 5.92 Å². The van der Waals surface area contributed by atoms with E-state index < -0.39 is 0 Å². The van der Waals surface area contributed by atoms with Gasteiger partial charge in [-0.2, -0.15) is 0 Å². The fourth-order valence-corrected chi connectivity index (χ4v) is 2.30. The molecule has 1 unspecified atom stereocenters. The average molecular weight is 233 g/mol. The van der Waals surface area contributed by atoms with Gasteiger partial charge in [-0.3, -0.25) is 4.79 Å². The molecule has 0 saturated carbocycles. The van der Waals surface area contributed by atoms with Crippen LogP contribution in [0.2, 0.25) is 0 Å². The van der Waals surface area contributed by atoms with Crippen molar-refractivity contribution in [3.8, 4) is 0 Å². The smallest absolute Gasteiger partial charge is 0.315 e. The number of methoxy groups -OCH3 is 1. The Morgan fingerprint density at radius 3 is 2.60 bits per heavy atom. The van der Waals surface area contributed by atoms with E-state index in [2.05, 4.69) is 30.8 Å². The van der Waals surface area contributed by atoms with Crippen LogP contribution in [0.15, 0.2) is 0 Å². The van der Waals surface area contributed by atoms with Crippen molar-refractivity contribution in [2.75, 3.05) is 25.2 Å². The molecule has 1 N–H and O–H groups in total. The molecule has 0 bridgehead atoms. The van der Waals surface area contributed by atoms with Gasteiger partial charge in [0, 0.05) is 11.8 Å². The summed E-state index contributed by atoms with van der Waals surface area (Å²) in [4.78, 5) is 10.9. The summed E-state index contributed by atoms with van der Waals surface area (Å²) < 4.78 is 4.59. The Labute approximate surface area is 97.3 Å². The molecule has 0 aromatic carbocycles. The topological polar surface area (TPSA) is 38.3 Å². The van der Waals surface area contributed by atoms with Gasteiger partial charge in [0.05, 0.1) is 12.9 Å². The largest absolute Gasteiger partial charge is 0.468 e. The SMILES string of the molecule is CCCNC(CSCC(=O)OC)C(C)C. The van der Waals surface area contributed by atoms with E-state index >= 15 is 0 Å². The Hall–Kier alpha value is -0.220. The zero-order valence-corrected chi connectivity index (χ0v) is 11.0. The van der Waals surface area contributed by atoms with Gasteiger partial charge in [-0.05, 0) is 18.9 Å². The molecule has 1 atom stereocenters. The summed E-state index contributed by atoms with van der Waals surface area (Å²) in [7, 11) is 1.43. The van der Waals surface area contributed by atoms with E-state index in [0.717, 1.165) is 18.7 Å². The summed E-state index contributed by atoms with van der Waals surface area (Å²) in [5.41, 5.74) is 0. The maximum atomic E-state index is 10.9. The third-order valence-corrected chi connectivity index (χ3v) is 3.24. The van der Waals surface area contributed by atoms with Gasteiger partial charge < -0.3 is 10.1 Å². The van der Waals surface area contributed by atoms with Crippen molar-refractivity contribution in [3.63, 3.8) is 0 Å². The minimum absolute atomic E-state index is 0.141. The first-order valence-corrected chi connectivity index (χ1v) is 6.65. The van der Waals surface area contributed by atoms with E-state index in [1.54, 1.807) is 11.8 Å². The summed E-state index contributed by atoms with van der Waals surface area (Å²) in [5, 5.41) is 3.49. The molecule has 90 valence electrons. The van der Waals surface area contributed by atoms with Gasteiger partial charge in [-0.25, -0.2) is 0 Å². The predicted molar refractivity (Wildman–Crippen MR) is 66.3 cm³/mol. The molecule has 15 heavy (non-hydrogen) atoms. The fourth-order valence-electron chi connectivity index (χ4n) is 1.14. The normalized spacial score (nSPS) is 12.9. The highest BCUT2D eigenvalue weighted by molar-refractivity contribution is 7.99. The van der Waals surface area contributed by atoms with Crippen molar-refractivity contribution in [1.82, 2.24) is 5.32 Å². The van der Waals surface area contributed by atoms with Crippen molar-refractivity contribution >= 4 is 17.7 Å². The lowest BCUT2D eigenvalue weighted by molar-refractivity contribution is -0.137. The molecule has 0 radical (unpaired) electrons. The second-order valence-corrected chi connectivity index (χ2v) is 4.93. The maximum Gasteiger partial charge on any atom is 0.315 e. The Balaban J connectivity index is 3.70. The third-order valence-electron chi connectivity index (χ3n) is 2.21. The van der Waals surface area contributed by atoms with Crippen LogP contribution in [-0.2, 0) is 9.53 Å². The highest BCUT2D eigenvalue weighted by Crippen LogP contribution is 2.10. The summed E-state index contributed by atoms with van der Waals surface area (Å²) >= 11 is 1.64. The second kappa shape index (κ2) is 9.04. The molecule has 3 nitrogen and oxygen atoms in total. The van der Waals surface area contributed by atoms with Crippen LogP contribution in [0.3, 0.4) is 0 Å². The zero-order valence-electron chi connectivity index (χ0n) is 10.2. The molecule has 4 heteroatoms. The molecule has 0 fully saturated rings. The van der Waals surface area contributed by atoms with E-state index in [-0.39, 0.29) is 5.97 Å². The zero-order chi connectivity index (χ0) is 11.7. The van der Waals surface area contributed by atoms with Crippen molar-refractivity contribution in [2.45, 2.75) is 33.2 Å². The van der Waals surface area contributed by atoms with Crippen LogP contribution in [0.1, 0.15) is 27.2 Å². The van der Waals surface area contributed by atoms with Gasteiger partial charge in [0.15, 0.2) is 0 Å². The Morgan fingerprint density at radius 1 is 1.47 bits per heavy atom. The first-order valence-electron chi connectivity index (χ1n) is 5.49. The molecule has 0 heterocycles. The van der Waals surface area contributed by atoms with Crippen LogP contribution in [0, 0.1) is 5.92 Å². The Bertz CT molecular complexity index is 174. The van der Waals surface area contributed by atoms with E-state index in [0.29, 0.717) is 17.7 Å². The molecule has 0 rings (SSSR count). The summed E-state index contributed by atoms with van der Waals surface area (Å²) in [6, 6.07) is 0.486. The van der Waals surface area contributed by atoms with Crippen LogP contribution in [0.5, 0.6) is 0 Å². The fraction of sp³-hybridized carbons (Fsp3) is 0.909. The number of hydrogen-bond acceptors (Lipinski definition) is 4. The standard InChI is InChI=1S/C11H23NO2S/c1-5-6-12-10(9(2)3)7-15-8-11(13)14-4/h9-10,12H,5-8H2,1-4H3. The number of carbonyl (C=O) groups is 1. The van der Waals surface area contributed by atoms with Crippen LogP contribution < -0.4 is 5.32 Å². The second-order valence-electron chi connectivity index (χ2n) is 3.90. The number of nitrogens with one attached hydrogen (secondary N) is 1. The third kappa shape index (κ3) is 7.68. The molecular weight excluding hydrogens is 210 g/mol. The molecule has 0 aliphatic rings. The number of hydrogen-bond donors (Lipinski definition) is 1. The molecule has 0 aromatic rings. The predicted octanol–water partition coefficient (Wildman–Crippen LogP) is 1.92. The number of rotatable bonds is 8. The molecule has 0 saturated heterocycles. The van der Waals surface area contributed by atoms with E-state index in [9.17, 15) is 4.79 Å². The van der Waals surface area contributed by atoms with Gasteiger partial charge in [0.1, 0.15) is 0 Å². The van der Waals surface area contributed by atoms with Gasteiger partial charge in [-0.15, -0.1) is 11.8 Å². The molecule has 0 aliphatic carbocycles. The Kier molecular flexibility index (Phi) is 8.91. The van der Waals surface area contributed by atoms with Crippen LogP contribution in [-0.4, -0.2) is 37.2 Å². The summed E-state index contributed by atoms with van der Waals surface area (Å²) in [5.74, 6) is 1.88. The number of carbonyl (C=O) groups excluding carboxylic acids is 1. The number of thioether (sulfide) groups is 1. The van der Waals surface area contributed by atoms with Crippen LogP contribution >= 0.6 is 11.8 Å².